The summed E-state index contributed by atoms with van der Waals surface area (Å²) in [6.07, 6.45) is 4.21. The van der Waals surface area contributed by atoms with E-state index in [-0.39, 0.29) is 18.4 Å². The zero-order valence-electron chi connectivity index (χ0n) is 15.7. The van der Waals surface area contributed by atoms with Gasteiger partial charge in [0.25, 0.3) is 11.8 Å². The molecule has 2 aromatic rings. The molecule has 1 heterocycles. The van der Waals surface area contributed by atoms with Gasteiger partial charge in [0.2, 0.25) is 0 Å². The summed E-state index contributed by atoms with van der Waals surface area (Å²) in [5.74, 6) is 0.455. The maximum absolute atomic E-state index is 12.6. The maximum atomic E-state index is 12.6. The van der Waals surface area contributed by atoms with E-state index in [1.165, 1.54) is 6.42 Å². The van der Waals surface area contributed by atoms with Crippen LogP contribution in [0.1, 0.15) is 42.1 Å². The molecule has 0 radical (unpaired) electrons. The molecule has 142 valence electrons. The van der Waals surface area contributed by atoms with Gasteiger partial charge in [0, 0.05) is 24.3 Å². The average molecular weight is 366 g/mol. The van der Waals surface area contributed by atoms with Gasteiger partial charge >= 0.3 is 0 Å². The molecular formula is C22H26N2O3. The standard InChI is InChI=1S/C22H26N2O3/c1-2-17-8-6-11-20(14-17)27-16-21(25)23-19-10-7-9-18(15-19)22(26)24-12-4-3-5-13-24/h6-11,14-15H,2-5,12-13,16H2,1H3,(H,23,25). The van der Waals surface area contributed by atoms with Crippen LogP contribution < -0.4 is 10.1 Å². The molecule has 27 heavy (non-hydrogen) atoms. The minimum absolute atomic E-state index is 0.0263. The summed E-state index contributed by atoms with van der Waals surface area (Å²) >= 11 is 0. The van der Waals surface area contributed by atoms with Crippen molar-refractivity contribution in [2.45, 2.75) is 32.6 Å². The van der Waals surface area contributed by atoms with Crippen LogP contribution in [0, 0.1) is 0 Å². The van der Waals surface area contributed by atoms with Gasteiger partial charge in [-0.25, -0.2) is 0 Å². The first-order chi connectivity index (χ1) is 13.2. The van der Waals surface area contributed by atoms with Gasteiger partial charge in [-0.1, -0.05) is 25.1 Å². The quantitative estimate of drug-likeness (QED) is 0.844. The third-order valence-electron chi connectivity index (χ3n) is 4.71. The molecule has 0 spiro atoms. The van der Waals surface area contributed by atoms with Crippen LogP contribution in [0.25, 0.3) is 0 Å². The van der Waals surface area contributed by atoms with Gasteiger partial charge in [-0.05, 0) is 61.6 Å². The zero-order chi connectivity index (χ0) is 19.1. The van der Waals surface area contributed by atoms with E-state index >= 15 is 0 Å². The number of carbonyl (C=O) groups is 2. The van der Waals surface area contributed by atoms with Crippen molar-refractivity contribution in [3.8, 4) is 5.75 Å². The van der Waals surface area contributed by atoms with Gasteiger partial charge in [-0.3, -0.25) is 9.59 Å². The molecule has 0 aliphatic carbocycles. The molecule has 3 rings (SSSR count). The number of aryl methyl sites for hydroxylation is 1. The summed E-state index contributed by atoms with van der Waals surface area (Å²) in [6.45, 7) is 3.61. The molecule has 0 saturated carbocycles. The van der Waals surface area contributed by atoms with E-state index in [2.05, 4.69) is 12.2 Å². The number of anilines is 1. The number of hydrogen-bond donors (Lipinski definition) is 1. The molecule has 1 aliphatic rings. The van der Waals surface area contributed by atoms with E-state index in [0.717, 1.165) is 37.9 Å². The van der Waals surface area contributed by atoms with Gasteiger partial charge in [0.15, 0.2) is 6.61 Å². The molecule has 2 aromatic carbocycles. The fourth-order valence-corrected chi connectivity index (χ4v) is 3.21. The Labute approximate surface area is 160 Å². The lowest BCUT2D eigenvalue weighted by molar-refractivity contribution is -0.118. The highest BCUT2D eigenvalue weighted by atomic mass is 16.5. The Morgan fingerprint density at radius 1 is 1.04 bits per heavy atom. The van der Waals surface area contributed by atoms with E-state index < -0.39 is 0 Å². The normalized spacial score (nSPS) is 13.9. The lowest BCUT2D eigenvalue weighted by Crippen LogP contribution is -2.35. The average Bonchev–Trinajstić information content (AvgIpc) is 2.72. The van der Waals surface area contributed by atoms with Crippen molar-refractivity contribution in [1.29, 1.82) is 0 Å². The Bertz CT molecular complexity index is 798. The molecule has 1 N–H and O–H groups in total. The van der Waals surface area contributed by atoms with Crippen molar-refractivity contribution in [1.82, 2.24) is 4.90 Å². The van der Waals surface area contributed by atoms with Crippen molar-refractivity contribution in [3.05, 3.63) is 59.7 Å². The van der Waals surface area contributed by atoms with Crippen molar-refractivity contribution in [2.75, 3.05) is 25.0 Å². The Balaban J connectivity index is 1.56. The van der Waals surface area contributed by atoms with Crippen molar-refractivity contribution in [2.24, 2.45) is 0 Å². The van der Waals surface area contributed by atoms with Gasteiger partial charge in [0.05, 0.1) is 0 Å². The number of piperidine rings is 1. The molecule has 0 unspecified atom stereocenters. The summed E-state index contributed by atoms with van der Waals surface area (Å²) in [5.41, 5.74) is 2.37. The Morgan fingerprint density at radius 2 is 1.81 bits per heavy atom. The second-order valence-corrected chi connectivity index (χ2v) is 6.77. The Kier molecular flexibility index (Phi) is 6.47. The topological polar surface area (TPSA) is 58.6 Å². The van der Waals surface area contributed by atoms with E-state index in [1.54, 1.807) is 24.3 Å². The van der Waals surface area contributed by atoms with Gasteiger partial charge < -0.3 is 15.0 Å². The van der Waals surface area contributed by atoms with Crippen molar-refractivity contribution >= 4 is 17.5 Å². The van der Waals surface area contributed by atoms with E-state index in [9.17, 15) is 9.59 Å². The summed E-state index contributed by atoms with van der Waals surface area (Å²) < 4.78 is 5.57. The lowest BCUT2D eigenvalue weighted by Gasteiger charge is -2.26. The molecular weight excluding hydrogens is 340 g/mol. The highest BCUT2D eigenvalue weighted by Gasteiger charge is 2.18. The lowest BCUT2D eigenvalue weighted by atomic mass is 10.1. The van der Waals surface area contributed by atoms with Gasteiger partial charge in [-0.15, -0.1) is 0 Å². The van der Waals surface area contributed by atoms with Crippen LogP contribution in [0.5, 0.6) is 5.75 Å². The fraction of sp³-hybridized carbons (Fsp3) is 0.364. The molecule has 0 atom stereocenters. The molecule has 0 bridgehead atoms. The first kappa shape index (κ1) is 19.0. The number of carbonyl (C=O) groups excluding carboxylic acids is 2. The van der Waals surface area contributed by atoms with Crippen LogP contribution in [0.4, 0.5) is 5.69 Å². The summed E-state index contributed by atoms with van der Waals surface area (Å²) in [7, 11) is 0. The number of benzene rings is 2. The number of ether oxygens (including phenoxy) is 1. The number of nitrogens with zero attached hydrogens (tertiary/aromatic N) is 1. The highest BCUT2D eigenvalue weighted by Crippen LogP contribution is 2.17. The molecule has 0 aromatic heterocycles. The maximum Gasteiger partial charge on any atom is 0.262 e. The van der Waals surface area contributed by atoms with Crippen LogP contribution in [0.2, 0.25) is 0 Å². The van der Waals surface area contributed by atoms with Gasteiger partial charge in [-0.2, -0.15) is 0 Å². The second-order valence-electron chi connectivity index (χ2n) is 6.77. The van der Waals surface area contributed by atoms with Gasteiger partial charge in [0.1, 0.15) is 5.75 Å². The number of likely N-dealkylation sites (tertiary alicyclic amines) is 1. The minimum atomic E-state index is -0.250. The minimum Gasteiger partial charge on any atom is -0.484 e. The number of nitrogens with one attached hydrogen (secondary N) is 1. The van der Waals surface area contributed by atoms with Crippen LogP contribution in [0.3, 0.4) is 0 Å². The third kappa shape index (κ3) is 5.33. The molecule has 1 saturated heterocycles. The van der Waals surface area contributed by atoms with Crippen LogP contribution in [0.15, 0.2) is 48.5 Å². The smallest absolute Gasteiger partial charge is 0.262 e. The molecule has 5 nitrogen and oxygen atoms in total. The largest absolute Gasteiger partial charge is 0.484 e. The van der Waals surface area contributed by atoms with E-state index in [4.69, 9.17) is 4.74 Å². The van der Waals surface area contributed by atoms with Crippen molar-refractivity contribution in [3.63, 3.8) is 0 Å². The summed E-state index contributed by atoms with van der Waals surface area (Å²) in [5, 5.41) is 2.80. The first-order valence-corrected chi connectivity index (χ1v) is 9.56. The van der Waals surface area contributed by atoms with E-state index in [0.29, 0.717) is 17.0 Å². The van der Waals surface area contributed by atoms with Crippen LogP contribution >= 0.6 is 0 Å². The van der Waals surface area contributed by atoms with Crippen LogP contribution in [-0.2, 0) is 11.2 Å². The second kappa shape index (κ2) is 9.21. The molecule has 1 aliphatic heterocycles. The Hall–Kier alpha value is -2.82. The SMILES string of the molecule is CCc1cccc(OCC(=O)Nc2cccc(C(=O)N3CCCCC3)c2)c1. The van der Waals surface area contributed by atoms with Crippen LogP contribution in [-0.4, -0.2) is 36.4 Å². The monoisotopic (exact) mass is 366 g/mol. The number of hydrogen-bond acceptors (Lipinski definition) is 3. The number of rotatable bonds is 6. The molecule has 2 amide bonds. The predicted octanol–water partition coefficient (Wildman–Crippen LogP) is 3.89. The fourth-order valence-electron chi connectivity index (χ4n) is 3.21. The summed E-state index contributed by atoms with van der Waals surface area (Å²) in [6, 6.07) is 14.8. The highest BCUT2D eigenvalue weighted by molar-refractivity contribution is 5.97. The first-order valence-electron chi connectivity index (χ1n) is 9.56. The molecule has 5 heteroatoms. The van der Waals surface area contributed by atoms with Crippen molar-refractivity contribution < 1.29 is 14.3 Å². The predicted molar refractivity (Wildman–Crippen MR) is 106 cm³/mol. The number of amides is 2. The van der Waals surface area contributed by atoms with E-state index in [1.807, 2.05) is 29.2 Å². The zero-order valence-corrected chi connectivity index (χ0v) is 15.7. The third-order valence-corrected chi connectivity index (χ3v) is 4.71. The summed E-state index contributed by atoms with van der Waals surface area (Å²) in [4.78, 5) is 26.7. The molecule has 1 fully saturated rings. The Morgan fingerprint density at radius 3 is 2.59 bits per heavy atom.